The van der Waals surface area contributed by atoms with Crippen molar-refractivity contribution in [3.8, 4) is 6.07 Å². The lowest BCUT2D eigenvalue weighted by molar-refractivity contribution is 0.0737. The molecule has 0 saturated carbocycles. The van der Waals surface area contributed by atoms with Gasteiger partial charge in [0.15, 0.2) is 0 Å². The average molecular weight is 391 g/mol. The second-order valence-corrected chi connectivity index (χ2v) is 8.18. The van der Waals surface area contributed by atoms with Gasteiger partial charge in [0.05, 0.1) is 17.2 Å². The van der Waals surface area contributed by atoms with E-state index in [1.54, 1.807) is 30.3 Å². The first-order valence-corrected chi connectivity index (χ1v) is 10.4. The second kappa shape index (κ2) is 8.34. The van der Waals surface area contributed by atoms with Gasteiger partial charge < -0.3 is 4.90 Å². The van der Waals surface area contributed by atoms with E-state index in [1.807, 2.05) is 17.0 Å². The molecular weight excluding hydrogens is 365 g/mol. The maximum absolute atomic E-state index is 13.6. The molecule has 2 heterocycles. The Morgan fingerprint density at radius 1 is 1.03 bits per heavy atom. The number of hydrogen-bond acceptors (Lipinski definition) is 3. The minimum atomic E-state index is -0.190. The molecule has 2 fully saturated rings. The minimum Gasteiger partial charge on any atom is -0.339 e. The molecule has 0 N–H and O–H groups in total. The van der Waals surface area contributed by atoms with Crippen molar-refractivity contribution in [1.29, 1.82) is 5.26 Å². The molecule has 29 heavy (non-hydrogen) atoms. The third kappa shape index (κ3) is 4.04. The molecule has 0 bridgehead atoms. The Balaban J connectivity index is 1.49. The Kier molecular flexibility index (Phi) is 5.64. The monoisotopic (exact) mass is 391 g/mol. The van der Waals surface area contributed by atoms with Crippen LogP contribution in [0.25, 0.3) is 0 Å². The highest BCUT2D eigenvalue weighted by atomic mass is 19.1. The number of benzene rings is 2. The number of nitriles is 1. The zero-order valence-corrected chi connectivity index (χ0v) is 16.6. The first-order chi connectivity index (χ1) is 14.1. The van der Waals surface area contributed by atoms with Crippen LogP contribution in [0, 0.1) is 17.1 Å². The lowest BCUT2D eigenvalue weighted by Crippen LogP contribution is -2.44. The van der Waals surface area contributed by atoms with E-state index in [2.05, 4.69) is 11.0 Å². The van der Waals surface area contributed by atoms with Crippen LogP contribution in [0.4, 0.5) is 4.39 Å². The van der Waals surface area contributed by atoms with Crippen LogP contribution in [0.2, 0.25) is 0 Å². The van der Waals surface area contributed by atoms with Crippen molar-refractivity contribution < 1.29 is 9.18 Å². The number of amides is 1. The van der Waals surface area contributed by atoms with Gasteiger partial charge in [-0.05, 0) is 68.5 Å². The summed E-state index contributed by atoms with van der Waals surface area (Å²) < 4.78 is 13.6. The van der Waals surface area contributed by atoms with E-state index < -0.39 is 0 Å². The molecule has 4 rings (SSSR count). The fourth-order valence-corrected chi connectivity index (χ4v) is 4.98. The molecule has 0 radical (unpaired) electrons. The van der Waals surface area contributed by atoms with Crippen LogP contribution in [0.1, 0.15) is 53.6 Å². The summed E-state index contributed by atoms with van der Waals surface area (Å²) in [5, 5.41) is 9.33. The molecule has 2 aliphatic rings. The number of hydrogen-bond donors (Lipinski definition) is 0. The van der Waals surface area contributed by atoms with Gasteiger partial charge in [0.25, 0.3) is 5.91 Å². The molecule has 2 aromatic rings. The Bertz CT molecular complexity index is 938. The van der Waals surface area contributed by atoms with Gasteiger partial charge in [-0.3, -0.25) is 9.69 Å². The standard InChI is InChI=1S/C24H26FN3O/c25-21-8-3-6-19(16-21)18-28-14-5-11-24(28)10-4-13-27(15-12-24)23(29)22-9-2-1-7-20(22)17-26/h1-3,6-9,16H,4-5,10-15,18H2/t24-/m0/s1. The zero-order valence-electron chi connectivity index (χ0n) is 16.6. The van der Waals surface area contributed by atoms with Crippen LogP contribution in [0.3, 0.4) is 0 Å². The molecule has 4 nitrogen and oxygen atoms in total. The van der Waals surface area contributed by atoms with Crippen LogP contribution in [0.5, 0.6) is 0 Å². The lowest BCUT2D eigenvalue weighted by Gasteiger charge is -2.38. The Hall–Kier alpha value is -2.71. The van der Waals surface area contributed by atoms with E-state index in [0.29, 0.717) is 24.2 Å². The highest BCUT2D eigenvalue weighted by Crippen LogP contribution is 2.39. The average Bonchev–Trinajstić information content (AvgIpc) is 2.98. The van der Waals surface area contributed by atoms with E-state index in [1.165, 1.54) is 6.07 Å². The van der Waals surface area contributed by atoms with E-state index in [0.717, 1.165) is 50.8 Å². The summed E-state index contributed by atoms with van der Waals surface area (Å²) in [6.07, 6.45) is 5.18. The van der Waals surface area contributed by atoms with Gasteiger partial charge in [0, 0.05) is 25.2 Å². The van der Waals surface area contributed by atoms with E-state index in [-0.39, 0.29) is 17.3 Å². The van der Waals surface area contributed by atoms with Crippen molar-refractivity contribution in [2.24, 2.45) is 0 Å². The molecule has 1 amide bonds. The minimum absolute atomic E-state index is 0.0473. The number of rotatable bonds is 3. The van der Waals surface area contributed by atoms with Gasteiger partial charge in [0.1, 0.15) is 5.82 Å². The van der Waals surface area contributed by atoms with Gasteiger partial charge in [-0.2, -0.15) is 5.26 Å². The highest BCUT2D eigenvalue weighted by Gasteiger charge is 2.42. The fraction of sp³-hybridized carbons (Fsp3) is 0.417. The number of likely N-dealkylation sites (tertiary alicyclic amines) is 2. The van der Waals surface area contributed by atoms with E-state index in [4.69, 9.17) is 0 Å². The van der Waals surface area contributed by atoms with Crippen molar-refractivity contribution in [2.75, 3.05) is 19.6 Å². The highest BCUT2D eigenvalue weighted by molar-refractivity contribution is 5.96. The van der Waals surface area contributed by atoms with Crippen molar-refractivity contribution in [3.63, 3.8) is 0 Å². The third-order valence-corrected chi connectivity index (χ3v) is 6.49. The molecule has 2 aliphatic heterocycles. The quantitative estimate of drug-likeness (QED) is 0.781. The first kappa shape index (κ1) is 19.6. The molecule has 0 aliphatic carbocycles. The summed E-state index contributed by atoms with van der Waals surface area (Å²) in [5.41, 5.74) is 2.02. The molecule has 0 aromatic heterocycles. The van der Waals surface area contributed by atoms with Crippen molar-refractivity contribution in [2.45, 2.75) is 44.2 Å². The number of nitrogens with zero attached hydrogens (tertiary/aromatic N) is 3. The Morgan fingerprint density at radius 2 is 1.83 bits per heavy atom. The van der Waals surface area contributed by atoms with Crippen LogP contribution < -0.4 is 0 Å². The topological polar surface area (TPSA) is 47.3 Å². The van der Waals surface area contributed by atoms with Crippen molar-refractivity contribution >= 4 is 5.91 Å². The molecule has 0 unspecified atom stereocenters. The largest absolute Gasteiger partial charge is 0.339 e. The van der Waals surface area contributed by atoms with Crippen LogP contribution in [-0.2, 0) is 6.54 Å². The zero-order chi connectivity index (χ0) is 20.3. The number of carbonyl (C=O) groups is 1. The molecule has 5 heteroatoms. The van der Waals surface area contributed by atoms with Crippen LogP contribution in [-0.4, -0.2) is 40.9 Å². The Morgan fingerprint density at radius 3 is 2.62 bits per heavy atom. The normalized spacial score (nSPS) is 22.4. The molecule has 2 saturated heterocycles. The summed E-state index contributed by atoms with van der Waals surface area (Å²) in [4.78, 5) is 17.5. The SMILES string of the molecule is N#Cc1ccccc1C(=O)N1CCC[C@]2(CCCN2Cc2cccc(F)c2)CC1. The molecular formula is C24H26FN3O. The molecule has 2 aromatic carbocycles. The summed E-state index contributed by atoms with van der Waals surface area (Å²) >= 11 is 0. The lowest BCUT2D eigenvalue weighted by atomic mass is 9.87. The van der Waals surface area contributed by atoms with Gasteiger partial charge in [0.2, 0.25) is 0 Å². The van der Waals surface area contributed by atoms with Gasteiger partial charge in [-0.1, -0.05) is 24.3 Å². The molecule has 150 valence electrons. The summed E-state index contributed by atoms with van der Waals surface area (Å²) in [7, 11) is 0. The van der Waals surface area contributed by atoms with Gasteiger partial charge in [-0.15, -0.1) is 0 Å². The smallest absolute Gasteiger partial charge is 0.255 e. The number of carbonyl (C=O) groups excluding carboxylic acids is 1. The first-order valence-electron chi connectivity index (χ1n) is 10.4. The summed E-state index contributed by atoms with van der Waals surface area (Å²) in [6, 6.07) is 16.0. The van der Waals surface area contributed by atoms with E-state index in [9.17, 15) is 14.4 Å². The van der Waals surface area contributed by atoms with Gasteiger partial charge >= 0.3 is 0 Å². The second-order valence-electron chi connectivity index (χ2n) is 8.18. The third-order valence-electron chi connectivity index (χ3n) is 6.49. The number of halogens is 1. The van der Waals surface area contributed by atoms with Crippen LogP contribution in [0.15, 0.2) is 48.5 Å². The fourth-order valence-electron chi connectivity index (χ4n) is 4.98. The Labute approximate surface area is 171 Å². The predicted octanol–water partition coefficient (Wildman–Crippen LogP) is 4.36. The summed E-state index contributed by atoms with van der Waals surface area (Å²) in [5.74, 6) is -0.238. The maximum Gasteiger partial charge on any atom is 0.255 e. The molecule has 1 spiro atoms. The van der Waals surface area contributed by atoms with Crippen molar-refractivity contribution in [3.05, 3.63) is 71.0 Å². The molecule has 1 atom stereocenters. The predicted molar refractivity (Wildman–Crippen MR) is 110 cm³/mol. The maximum atomic E-state index is 13.6. The van der Waals surface area contributed by atoms with Crippen LogP contribution >= 0.6 is 0 Å². The van der Waals surface area contributed by atoms with E-state index >= 15 is 0 Å². The summed E-state index contributed by atoms with van der Waals surface area (Å²) in [6.45, 7) is 3.18. The van der Waals surface area contributed by atoms with Crippen molar-refractivity contribution in [1.82, 2.24) is 9.80 Å². The van der Waals surface area contributed by atoms with Gasteiger partial charge in [-0.25, -0.2) is 4.39 Å².